The predicted octanol–water partition coefficient (Wildman–Crippen LogP) is 2.11. The Morgan fingerprint density at radius 3 is 2.46 bits per heavy atom. The summed E-state index contributed by atoms with van der Waals surface area (Å²) in [6.45, 7) is 1.70. The lowest BCUT2D eigenvalue weighted by Crippen LogP contribution is -2.40. The van der Waals surface area contributed by atoms with Gasteiger partial charge in [-0.05, 0) is 12.0 Å². The van der Waals surface area contributed by atoms with Crippen molar-refractivity contribution in [2.45, 2.75) is 19.3 Å². The van der Waals surface area contributed by atoms with Gasteiger partial charge in [-0.2, -0.15) is 11.8 Å². The lowest BCUT2D eigenvalue weighted by Gasteiger charge is -2.27. The highest BCUT2D eigenvalue weighted by Gasteiger charge is 2.19. The fourth-order valence-electron chi connectivity index (χ4n) is 2.40. The number of hydrogen-bond donors (Lipinski definition) is 0. The summed E-state index contributed by atoms with van der Waals surface area (Å²) in [4.78, 5) is 47.6. The molecule has 0 spiro atoms. The van der Waals surface area contributed by atoms with E-state index in [0.29, 0.717) is 6.42 Å². The second-order valence-electron chi connectivity index (χ2n) is 5.95. The maximum absolute atomic E-state index is 12.1. The Labute approximate surface area is 157 Å². The standard InChI is InChI=1S/C18H24N2O5S/c1-19(10-9-16(21)20-11-13-26-14-12-20)18(23)25-24-17(22)8-7-15-5-3-2-4-6-15/h2-6H,7-14H2,1H3. The normalized spacial score (nSPS) is 13.8. The number of rotatable bonds is 6. The van der Waals surface area contributed by atoms with Crippen molar-refractivity contribution in [2.24, 2.45) is 0 Å². The van der Waals surface area contributed by atoms with E-state index in [0.717, 1.165) is 30.2 Å². The summed E-state index contributed by atoms with van der Waals surface area (Å²) in [5.41, 5.74) is 1.00. The summed E-state index contributed by atoms with van der Waals surface area (Å²) >= 11 is 1.83. The number of carbonyl (C=O) groups excluding carboxylic acids is 3. The van der Waals surface area contributed by atoms with Gasteiger partial charge in [0, 0.05) is 44.6 Å². The Morgan fingerprint density at radius 2 is 1.77 bits per heavy atom. The van der Waals surface area contributed by atoms with Crippen LogP contribution in [0.5, 0.6) is 0 Å². The van der Waals surface area contributed by atoms with E-state index in [1.165, 1.54) is 11.9 Å². The lowest BCUT2D eigenvalue weighted by molar-refractivity contribution is -0.236. The molecule has 1 aromatic carbocycles. The van der Waals surface area contributed by atoms with E-state index < -0.39 is 12.1 Å². The molecule has 1 aliphatic rings. The van der Waals surface area contributed by atoms with Gasteiger partial charge in [0.05, 0.1) is 6.42 Å². The van der Waals surface area contributed by atoms with Gasteiger partial charge in [0.1, 0.15) is 0 Å². The maximum Gasteiger partial charge on any atom is 0.452 e. The van der Waals surface area contributed by atoms with Crippen molar-refractivity contribution >= 4 is 29.7 Å². The molecule has 1 saturated heterocycles. The first-order valence-electron chi connectivity index (χ1n) is 8.58. The molecule has 1 aromatic rings. The van der Waals surface area contributed by atoms with E-state index in [9.17, 15) is 14.4 Å². The summed E-state index contributed by atoms with van der Waals surface area (Å²) in [6, 6.07) is 9.49. The highest BCUT2D eigenvalue weighted by atomic mass is 32.2. The third-order valence-corrected chi connectivity index (χ3v) is 4.95. The van der Waals surface area contributed by atoms with Gasteiger partial charge in [0.25, 0.3) is 0 Å². The van der Waals surface area contributed by atoms with Crippen molar-refractivity contribution in [2.75, 3.05) is 38.2 Å². The molecule has 1 fully saturated rings. The van der Waals surface area contributed by atoms with Gasteiger partial charge in [-0.15, -0.1) is 0 Å². The van der Waals surface area contributed by atoms with Crippen molar-refractivity contribution in [1.29, 1.82) is 0 Å². The molecule has 1 aliphatic heterocycles. The van der Waals surface area contributed by atoms with Crippen LogP contribution in [0.2, 0.25) is 0 Å². The van der Waals surface area contributed by atoms with E-state index in [1.807, 2.05) is 42.1 Å². The summed E-state index contributed by atoms with van der Waals surface area (Å²) in [7, 11) is 1.50. The van der Waals surface area contributed by atoms with Crippen molar-refractivity contribution in [3.05, 3.63) is 35.9 Å². The van der Waals surface area contributed by atoms with Crippen LogP contribution in [0.25, 0.3) is 0 Å². The third kappa shape index (κ3) is 6.95. The molecule has 1 heterocycles. The smallest absolute Gasteiger partial charge is 0.341 e. The molecule has 26 heavy (non-hydrogen) atoms. The first kappa shape index (κ1) is 20.1. The van der Waals surface area contributed by atoms with Gasteiger partial charge in [-0.25, -0.2) is 19.4 Å². The van der Waals surface area contributed by atoms with Crippen LogP contribution in [0.15, 0.2) is 30.3 Å². The SMILES string of the molecule is CN(CCC(=O)N1CCSCC1)C(=O)OOC(=O)CCc1ccccc1. The van der Waals surface area contributed by atoms with Crippen LogP contribution in [0.3, 0.4) is 0 Å². The molecule has 0 bridgehead atoms. The fourth-order valence-corrected chi connectivity index (χ4v) is 3.31. The monoisotopic (exact) mass is 380 g/mol. The molecule has 8 heteroatoms. The predicted molar refractivity (Wildman–Crippen MR) is 98.5 cm³/mol. The number of benzene rings is 1. The minimum atomic E-state index is -0.792. The maximum atomic E-state index is 12.1. The molecular formula is C18H24N2O5S. The second-order valence-corrected chi connectivity index (χ2v) is 7.18. The van der Waals surface area contributed by atoms with Crippen LogP contribution in [0.4, 0.5) is 4.79 Å². The van der Waals surface area contributed by atoms with E-state index in [4.69, 9.17) is 0 Å². The lowest BCUT2D eigenvalue weighted by atomic mass is 10.1. The molecule has 0 radical (unpaired) electrons. The van der Waals surface area contributed by atoms with E-state index in [-0.39, 0.29) is 25.3 Å². The molecule has 2 rings (SSSR count). The third-order valence-electron chi connectivity index (χ3n) is 4.00. The number of thioether (sulfide) groups is 1. The average Bonchev–Trinajstić information content (AvgIpc) is 2.69. The number of hydrogen-bond acceptors (Lipinski definition) is 6. The van der Waals surface area contributed by atoms with Gasteiger partial charge in [0.15, 0.2) is 0 Å². The molecule has 0 aliphatic carbocycles. The molecule has 7 nitrogen and oxygen atoms in total. The average molecular weight is 380 g/mol. The Hall–Kier alpha value is -2.22. The molecule has 0 N–H and O–H groups in total. The number of carbonyl (C=O) groups is 3. The molecule has 0 unspecified atom stereocenters. The first-order valence-corrected chi connectivity index (χ1v) is 9.73. The number of nitrogens with zero attached hydrogens (tertiary/aromatic N) is 2. The summed E-state index contributed by atoms with van der Waals surface area (Å²) < 4.78 is 0. The van der Waals surface area contributed by atoms with Gasteiger partial charge < -0.3 is 9.80 Å². The summed E-state index contributed by atoms with van der Waals surface area (Å²) in [5.74, 6) is 1.30. The quantitative estimate of drug-likeness (QED) is 0.556. The highest BCUT2D eigenvalue weighted by Crippen LogP contribution is 2.10. The highest BCUT2D eigenvalue weighted by molar-refractivity contribution is 7.99. The minimum Gasteiger partial charge on any atom is -0.341 e. The van der Waals surface area contributed by atoms with Crippen molar-refractivity contribution in [3.63, 3.8) is 0 Å². The van der Waals surface area contributed by atoms with Crippen LogP contribution in [0, 0.1) is 0 Å². The summed E-state index contributed by atoms with van der Waals surface area (Å²) in [6.07, 6.45) is 0.0560. The molecule has 0 atom stereocenters. The van der Waals surface area contributed by atoms with Crippen LogP contribution in [-0.2, 0) is 25.8 Å². The number of amides is 2. The molecular weight excluding hydrogens is 356 g/mol. The largest absolute Gasteiger partial charge is 0.452 e. The van der Waals surface area contributed by atoms with Crippen molar-refractivity contribution in [3.8, 4) is 0 Å². The molecule has 142 valence electrons. The number of aryl methyl sites for hydroxylation is 1. The summed E-state index contributed by atoms with van der Waals surface area (Å²) in [5, 5.41) is 0. The first-order chi connectivity index (χ1) is 12.6. The zero-order valence-electron chi connectivity index (χ0n) is 14.9. The van der Waals surface area contributed by atoms with Gasteiger partial charge in [-0.3, -0.25) is 4.79 Å². The van der Waals surface area contributed by atoms with Crippen LogP contribution in [0.1, 0.15) is 18.4 Å². The minimum absolute atomic E-state index is 0.0183. The van der Waals surface area contributed by atoms with Crippen LogP contribution < -0.4 is 0 Å². The van der Waals surface area contributed by atoms with E-state index in [2.05, 4.69) is 9.78 Å². The van der Waals surface area contributed by atoms with Crippen molar-refractivity contribution < 1.29 is 24.2 Å². The Bertz CT molecular complexity index is 605. The molecule has 2 amide bonds. The fraction of sp³-hybridized carbons (Fsp3) is 0.500. The Morgan fingerprint density at radius 1 is 1.08 bits per heavy atom. The van der Waals surface area contributed by atoms with Crippen molar-refractivity contribution in [1.82, 2.24) is 9.80 Å². The van der Waals surface area contributed by atoms with Gasteiger partial charge in [0.2, 0.25) is 5.91 Å². The van der Waals surface area contributed by atoms with Crippen LogP contribution in [-0.4, -0.2) is 66.0 Å². The Kier molecular flexibility index (Phi) is 8.27. The zero-order chi connectivity index (χ0) is 18.8. The molecule has 0 saturated carbocycles. The van der Waals surface area contributed by atoms with Gasteiger partial charge >= 0.3 is 12.1 Å². The van der Waals surface area contributed by atoms with Gasteiger partial charge in [-0.1, -0.05) is 30.3 Å². The second kappa shape index (κ2) is 10.7. The van der Waals surface area contributed by atoms with E-state index in [1.54, 1.807) is 4.90 Å². The topological polar surface area (TPSA) is 76.2 Å². The van der Waals surface area contributed by atoms with Crippen LogP contribution >= 0.6 is 11.8 Å². The zero-order valence-corrected chi connectivity index (χ0v) is 15.7. The molecule has 0 aromatic heterocycles. The Balaban J connectivity index is 1.61. The van der Waals surface area contributed by atoms with E-state index >= 15 is 0 Å².